The van der Waals surface area contributed by atoms with Gasteiger partial charge in [0.1, 0.15) is 6.54 Å². The Kier molecular flexibility index (Phi) is 6.85. The van der Waals surface area contributed by atoms with Crippen molar-refractivity contribution in [3.8, 4) is 0 Å². The molecule has 0 radical (unpaired) electrons. The topological polar surface area (TPSA) is 43.9 Å². The van der Waals surface area contributed by atoms with Crippen LogP contribution in [0.25, 0.3) is 0 Å². The number of carbonyl (C=O) groups is 2. The van der Waals surface area contributed by atoms with E-state index in [0.29, 0.717) is 11.6 Å². The molecule has 5 nitrogen and oxygen atoms in total. The number of nitrogens with zero attached hydrogens (tertiary/aromatic N) is 3. The molecule has 29 heavy (non-hydrogen) atoms. The fourth-order valence-electron chi connectivity index (χ4n) is 3.72. The van der Waals surface area contributed by atoms with Gasteiger partial charge in [-0.2, -0.15) is 0 Å². The molecule has 1 aromatic heterocycles. The molecule has 1 aliphatic heterocycles. The number of fused-ring (bicyclic) bond motifs is 1. The van der Waals surface area contributed by atoms with Crippen LogP contribution in [-0.4, -0.2) is 59.9 Å². The molecule has 0 fully saturated rings. The second-order valence-electron chi connectivity index (χ2n) is 7.65. The van der Waals surface area contributed by atoms with Crippen molar-refractivity contribution in [1.82, 2.24) is 14.7 Å². The van der Waals surface area contributed by atoms with Gasteiger partial charge in [-0.25, -0.2) is 4.79 Å². The van der Waals surface area contributed by atoms with E-state index in [2.05, 4.69) is 11.4 Å². The number of benzene rings is 1. The third kappa shape index (κ3) is 4.59. The lowest BCUT2D eigenvalue weighted by Crippen LogP contribution is -2.51. The van der Waals surface area contributed by atoms with Crippen molar-refractivity contribution < 1.29 is 9.59 Å². The second-order valence-corrected chi connectivity index (χ2v) is 9.09. The molecule has 0 N–H and O–H groups in total. The van der Waals surface area contributed by atoms with E-state index in [1.807, 2.05) is 43.0 Å². The predicted octanol–water partition coefficient (Wildman–Crippen LogP) is 4.66. The van der Waals surface area contributed by atoms with Crippen LogP contribution >= 0.6 is 22.9 Å². The maximum absolute atomic E-state index is 13.4. The van der Waals surface area contributed by atoms with E-state index in [0.717, 1.165) is 18.4 Å². The van der Waals surface area contributed by atoms with Gasteiger partial charge in [0.15, 0.2) is 0 Å². The Hall–Kier alpha value is -2.05. The van der Waals surface area contributed by atoms with E-state index >= 15 is 0 Å². The molecular weight excluding hydrogens is 406 g/mol. The zero-order valence-electron chi connectivity index (χ0n) is 17.4. The summed E-state index contributed by atoms with van der Waals surface area (Å²) in [5.74, 6) is -0.0303. The zero-order valence-corrected chi connectivity index (χ0v) is 19.0. The van der Waals surface area contributed by atoms with Gasteiger partial charge >= 0.3 is 6.03 Å². The normalized spacial score (nSPS) is 16.9. The van der Waals surface area contributed by atoms with E-state index in [1.54, 1.807) is 30.3 Å². The van der Waals surface area contributed by atoms with Gasteiger partial charge in [-0.3, -0.25) is 4.79 Å². The molecule has 2 atom stereocenters. The molecule has 3 rings (SSSR count). The fourth-order valence-corrected chi connectivity index (χ4v) is 4.75. The summed E-state index contributed by atoms with van der Waals surface area (Å²) in [5, 5.41) is 2.76. The first-order chi connectivity index (χ1) is 13.8. The van der Waals surface area contributed by atoms with E-state index in [1.165, 1.54) is 15.3 Å². The number of hydrogen-bond acceptors (Lipinski definition) is 3. The van der Waals surface area contributed by atoms with E-state index in [-0.39, 0.29) is 30.6 Å². The Balaban J connectivity index is 1.91. The first kappa shape index (κ1) is 21.7. The highest BCUT2D eigenvalue weighted by atomic mass is 35.5. The summed E-state index contributed by atoms with van der Waals surface area (Å²) < 4.78 is 0. The minimum Gasteiger partial charge on any atom is -0.331 e. The third-order valence-corrected chi connectivity index (χ3v) is 6.78. The summed E-state index contributed by atoms with van der Waals surface area (Å²) in [6, 6.07) is 9.50. The fraction of sp³-hybridized carbons (Fsp3) is 0.455. The lowest BCUT2D eigenvalue weighted by molar-refractivity contribution is -0.134. The molecule has 3 amide bonds. The van der Waals surface area contributed by atoms with Crippen LogP contribution in [0.5, 0.6) is 0 Å². The standard InChI is InChI=1S/C22H28ClN3O2S/c1-5-15(2)26(22(28)24(3)4)14-20(27)25-12-10-19-18(11-13-29-19)21(25)16-6-8-17(23)9-7-16/h6-9,11,13,15,21H,5,10,12,14H2,1-4H3. The predicted molar refractivity (Wildman–Crippen MR) is 119 cm³/mol. The summed E-state index contributed by atoms with van der Waals surface area (Å²) in [6.07, 6.45) is 1.63. The van der Waals surface area contributed by atoms with Crippen LogP contribution in [0.2, 0.25) is 5.02 Å². The molecule has 2 unspecified atom stereocenters. The molecule has 7 heteroatoms. The number of carbonyl (C=O) groups excluding carboxylic acids is 2. The van der Waals surface area contributed by atoms with Gasteiger partial charge in [-0.15, -0.1) is 11.3 Å². The number of hydrogen-bond donors (Lipinski definition) is 0. The molecular formula is C22H28ClN3O2S. The molecule has 2 aromatic rings. The smallest absolute Gasteiger partial charge is 0.320 e. The second kappa shape index (κ2) is 9.18. The summed E-state index contributed by atoms with van der Waals surface area (Å²) in [6.45, 7) is 4.73. The maximum Gasteiger partial charge on any atom is 0.320 e. The van der Waals surface area contributed by atoms with Crippen molar-refractivity contribution in [2.45, 2.75) is 38.8 Å². The van der Waals surface area contributed by atoms with Gasteiger partial charge in [0.2, 0.25) is 5.91 Å². The summed E-state index contributed by atoms with van der Waals surface area (Å²) in [4.78, 5) is 32.5. The van der Waals surface area contributed by atoms with Crippen LogP contribution in [-0.2, 0) is 11.2 Å². The summed E-state index contributed by atoms with van der Waals surface area (Å²) in [5.41, 5.74) is 2.21. The Morgan fingerprint density at radius 2 is 1.93 bits per heavy atom. The van der Waals surface area contributed by atoms with Crippen LogP contribution in [0.15, 0.2) is 35.7 Å². The number of thiophene rings is 1. The highest BCUT2D eigenvalue weighted by Crippen LogP contribution is 2.38. The zero-order chi connectivity index (χ0) is 21.1. The van der Waals surface area contributed by atoms with Gasteiger partial charge < -0.3 is 14.7 Å². The van der Waals surface area contributed by atoms with Gasteiger partial charge in [-0.1, -0.05) is 30.7 Å². The largest absolute Gasteiger partial charge is 0.331 e. The molecule has 1 aromatic carbocycles. The number of urea groups is 1. The maximum atomic E-state index is 13.4. The van der Waals surface area contributed by atoms with Crippen LogP contribution in [0, 0.1) is 0 Å². The number of halogens is 1. The van der Waals surface area contributed by atoms with Crippen molar-refractivity contribution in [3.05, 3.63) is 56.7 Å². The van der Waals surface area contributed by atoms with Crippen LogP contribution in [0.3, 0.4) is 0 Å². The Labute approximate surface area is 181 Å². The number of amides is 3. The molecule has 0 saturated heterocycles. The highest BCUT2D eigenvalue weighted by molar-refractivity contribution is 7.10. The highest BCUT2D eigenvalue weighted by Gasteiger charge is 2.34. The van der Waals surface area contributed by atoms with Crippen LogP contribution in [0.4, 0.5) is 4.79 Å². The van der Waals surface area contributed by atoms with E-state index in [9.17, 15) is 9.59 Å². The monoisotopic (exact) mass is 433 g/mol. The van der Waals surface area contributed by atoms with Crippen molar-refractivity contribution in [1.29, 1.82) is 0 Å². The van der Waals surface area contributed by atoms with Crippen molar-refractivity contribution in [3.63, 3.8) is 0 Å². The Morgan fingerprint density at radius 1 is 1.24 bits per heavy atom. The molecule has 156 valence electrons. The molecule has 2 heterocycles. The first-order valence-electron chi connectivity index (χ1n) is 9.92. The Morgan fingerprint density at radius 3 is 2.55 bits per heavy atom. The first-order valence-corrected chi connectivity index (χ1v) is 11.2. The quantitative estimate of drug-likeness (QED) is 0.688. The minimum absolute atomic E-state index is 0.00988. The summed E-state index contributed by atoms with van der Waals surface area (Å²) >= 11 is 7.82. The van der Waals surface area contributed by atoms with Crippen molar-refractivity contribution in [2.24, 2.45) is 0 Å². The molecule has 0 spiro atoms. The summed E-state index contributed by atoms with van der Waals surface area (Å²) in [7, 11) is 3.44. The number of rotatable bonds is 5. The van der Waals surface area contributed by atoms with Gasteiger partial charge in [0.05, 0.1) is 6.04 Å². The SMILES string of the molecule is CCC(C)N(CC(=O)N1CCc2sccc2C1c1ccc(Cl)cc1)C(=O)N(C)C. The molecule has 0 bridgehead atoms. The van der Waals surface area contributed by atoms with Gasteiger partial charge in [-0.05, 0) is 54.5 Å². The van der Waals surface area contributed by atoms with Crippen LogP contribution < -0.4 is 0 Å². The van der Waals surface area contributed by atoms with Crippen molar-refractivity contribution in [2.75, 3.05) is 27.2 Å². The lowest BCUT2D eigenvalue weighted by Gasteiger charge is -2.39. The molecule has 1 aliphatic rings. The Bertz CT molecular complexity index is 865. The van der Waals surface area contributed by atoms with E-state index in [4.69, 9.17) is 11.6 Å². The third-order valence-electron chi connectivity index (χ3n) is 5.53. The van der Waals surface area contributed by atoms with Gasteiger partial charge in [0.25, 0.3) is 0 Å². The minimum atomic E-state index is -0.150. The van der Waals surface area contributed by atoms with Crippen molar-refractivity contribution >= 4 is 34.9 Å². The molecule has 0 aliphatic carbocycles. The van der Waals surface area contributed by atoms with Crippen LogP contribution in [0.1, 0.15) is 42.3 Å². The lowest BCUT2D eigenvalue weighted by atomic mass is 9.93. The average Bonchev–Trinajstić information content (AvgIpc) is 3.19. The van der Waals surface area contributed by atoms with E-state index < -0.39 is 0 Å². The van der Waals surface area contributed by atoms with Gasteiger partial charge in [0, 0.05) is 36.6 Å². The molecule has 0 saturated carbocycles. The average molecular weight is 434 g/mol.